The lowest BCUT2D eigenvalue weighted by molar-refractivity contribution is 0.201. The van der Waals surface area contributed by atoms with Gasteiger partial charge in [-0.1, -0.05) is 11.6 Å². The van der Waals surface area contributed by atoms with Gasteiger partial charge in [-0.2, -0.15) is 0 Å². The number of halogens is 1. The normalized spacial score (nSPS) is 19.4. The number of nitrogens with zero attached hydrogens (tertiary/aromatic N) is 4. The summed E-state index contributed by atoms with van der Waals surface area (Å²) in [6.45, 7) is 6.72. The lowest BCUT2D eigenvalue weighted by Crippen LogP contribution is -2.51. The highest BCUT2D eigenvalue weighted by molar-refractivity contribution is 6.32. The third-order valence-electron chi connectivity index (χ3n) is 3.23. The summed E-state index contributed by atoms with van der Waals surface area (Å²) >= 11 is 6.08. The average molecular weight is 256 g/mol. The Labute approximate surface area is 107 Å². The van der Waals surface area contributed by atoms with Crippen molar-refractivity contribution in [3.8, 4) is 0 Å². The van der Waals surface area contributed by atoms with Crippen molar-refractivity contribution in [1.29, 1.82) is 0 Å². The van der Waals surface area contributed by atoms with Gasteiger partial charge < -0.3 is 10.6 Å². The van der Waals surface area contributed by atoms with Crippen LogP contribution in [0.15, 0.2) is 12.5 Å². The zero-order valence-corrected chi connectivity index (χ0v) is 10.8. The van der Waals surface area contributed by atoms with Crippen molar-refractivity contribution < 1.29 is 0 Å². The molecule has 0 spiro atoms. The molecule has 2 N–H and O–H groups in total. The first kappa shape index (κ1) is 12.5. The molecule has 1 aliphatic rings. The molecule has 6 heteroatoms. The van der Waals surface area contributed by atoms with Gasteiger partial charge in [-0.25, -0.2) is 9.97 Å². The largest absolute Gasteiger partial charge is 0.353 e. The van der Waals surface area contributed by atoms with Crippen LogP contribution in [-0.2, 0) is 0 Å². The second-order valence-electron chi connectivity index (χ2n) is 4.30. The smallest absolute Gasteiger partial charge is 0.150 e. The molecule has 1 atom stereocenters. The van der Waals surface area contributed by atoms with Crippen LogP contribution in [0.2, 0.25) is 5.02 Å². The fourth-order valence-corrected chi connectivity index (χ4v) is 2.29. The monoisotopic (exact) mass is 255 g/mol. The summed E-state index contributed by atoms with van der Waals surface area (Å²) in [5.41, 5.74) is 5.68. The maximum absolute atomic E-state index is 6.08. The van der Waals surface area contributed by atoms with Gasteiger partial charge in [0.05, 0.1) is 6.20 Å². The predicted molar refractivity (Wildman–Crippen MR) is 69.3 cm³/mol. The summed E-state index contributed by atoms with van der Waals surface area (Å²) in [5.74, 6) is 0.835. The molecule has 1 saturated heterocycles. The minimum absolute atomic E-state index is 0.443. The third-order valence-corrected chi connectivity index (χ3v) is 3.49. The summed E-state index contributed by atoms with van der Waals surface area (Å²) in [6.07, 6.45) is 3.18. The number of hydrogen-bond donors (Lipinski definition) is 1. The van der Waals surface area contributed by atoms with E-state index >= 15 is 0 Å². The van der Waals surface area contributed by atoms with E-state index in [0.29, 0.717) is 17.6 Å². The molecule has 1 fully saturated rings. The Morgan fingerprint density at radius 2 is 2.12 bits per heavy atom. The van der Waals surface area contributed by atoms with Crippen LogP contribution in [0.1, 0.15) is 6.92 Å². The van der Waals surface area contributed by atoms with E-state index in [1.165, 1.54) is 6.33 Å². The molecule has 1 unspecified atom stereocenters. The average Bonchev–Trinajstić information content (AvgIpc) is 2.39. The fourth-order valence-electron chi connectivity index (χ4n) is 2.06. The summed E-state index contributed by atoms with van der Waals surface area (Å²) in [6, 6.07) is 0.443. The van der Waals surface area contributed by atoms with Crippen LogP contribution in [0.5, 0.6) is 0 Å². The summed E-state index contributed by atoms with van der Waals surface area (Å²) < 4.78 is 0. The van der Waals surface area contributed by atoms with Gasteiger partial charge in [0.25, 0.3) is 0 Å². The van der Waals surface area contributed by atoms with E-state index in [2.05, 4.69) is 26.7 Å². The number of hydrogen-bond acceptors (Lipinski definition) is 5. The van der Waals surface area contributed by atoms with Crippen LogP contribution in [0.25, 0.3) is 0 Å². The van der Waals surface area contributed by atoms with Gasteiger partial charge in [0, 0.05) is 38.8 Å². The minimum Gasteiger partial charge on any atom is -0.353 e. The van der Waals surface area contributed by atoms with Crippen molar-refractivity contribution in [1.82, 2.24) is 14.9 Å². The highest BCUT2D eigenvalue weighted by Gasteiger charge is 2.22. The number of aromatic nitrogens is 2. The molecular formula is C11H18ClN5. The van der Waals surface area contributed by atoms with Crippen LogP contribution < -0.4 is 10.6 Å². The highest BCUT2D eigenvalue weighted by atomic mass is 35.5. The Morgan fingerprint density at radius 3 is 2.71 bits per heavy atom. The van der Waals surface area contributed by atoms with Crippen molar-refractivity contribution in [3.05, 3.63) is 17.5 Å². The first-order valence-electron chi connectivity index (χ1n) is 5.87. The zero-order chi connectivity index (χ0) is 12.3. The quantitative estimate of drug-likeness (QED) is 0.857. The van der Waals surface area contributed by atoms with E-state index in [0.717, 1.165) is 32.0 Å². The standard InChI is InChI=1S/C11H18ClN5/c1-9(6-13)16-2-4-17(5-3-16)11-10(12)7-14-8-15-11/h7-9H,2-6,13H2,1H3. The molecule has 0 amide bonds. The highest BCUT2D eigenvalue weighted by Crippen LogP contribution is 2.22. The molecule has 2 heterocycles. The van der Waals surface area contributed by atoms with E-state index in [4.69, 9.17) is 17.3 Å². The maximum atomic E-state index is 6.08. The first-order chi connectivity index (χ1) is 8.22. The van der Waals surface area contributed by atoms with Crippen molar-refractivity contribution in [3.63, 3.8) is 0 Å². The molecule has 0 bridgehead atoms. The van der Waals surface area contributed by atoms with Crippen LogP contribution >= 0.6 is 11.6 Å². The maximum Gasteiger partial charge on any atom is 0.150 e. The Balaban J connectivity index is 1.98. The van der Waals surface area contributed by atoms with Crippen molar-refractivity contribution in [2.75, 3.05) is 37.6 Å². The predicted octanol–water partition coefficient (Wildman–Crippen LogP) is 0.599. The Morgan fingerprint density at radius 1 is 1.41 bits per heavy atom. The van der Waals surface area contributed by atoms with Crippen LogP contribution in [-0.4, -0.2) is 53.6 Å². The minimum atomic E-state index is 0.443. The molecule has 1 aromatic heterocycles. The first-order valence-corrected chi connectivity index (χ1v) is 6.24. The SMILES string of the molecule is CC(CN)N1CCN(c2ncncc2Cl)CC1. The van der Waals surface area contributed by atoms with Crippen molar-refractivity contribution in [2.45, 2.75) is 13.0 Å². The van der Waals surface area contributed by atoms with Gasteiger partial charge in [0.1, 0.15) is 11.3 Å². The van der Waals surface area contributed by atoms with Gasteiger partial charge in [-0.3, -0.25) is 4.90 Å². The Kier molecular flexibility index (Phi) is 4.15. The van der Waals surface area contributed by atoms with Crippen LogP contribution in [0, 0.1) is 0 Å². The van der Waals surface area contributed by atoms with Crippen molar-refractivity contribution >= 4 is 17.4 Å². The number of anilines is 1. The van der Waals surface area contributed by atoms with E-state index in [-0.39, 0.29) is 0 Å². The molecule has 0 radical (unpaired) electrons. The van der Waals surface area contributed by atoms with Gasteiger partial charge in [-0.15, -0.1) is 0 Å². The molecule has 2 rings (SSSR count). The molecule has 0 aromatic carbocycles. The molecule has 94 valence electrons. The van der Waals surface area contributed by atoms with E-state index in [1.807, 2.05) is 0 Å². The Bertz CT molecular complexity index is 365. The summed E-state index contributed by atoms with van der Waals surface area (Å²) in [4.78, 5) is 12.7. The molecule has 1 aliphatic heterocycles. The molecule has 17 heavy (non-hydrogen) atoms. The molecule has 0 saturated carbocycles. The van der Waals surface area contributed by atoms with Crippen LogP contribution in [0.3, 0.4) is 0 Å². The van der Waals surface area contributed by atoms with Gasteiger partial charge in [-0.05, 0) is 6.92 Å². The Hall–Kier alpha value is -0.910. The fraction of sp³-hybridized carbons (Fsp3) is 0.636. The second-order valence-corrected chi connectivity index (χ2v) is 4.71. The van der Waals surface area contributed by atoms with Crippen molar-refractivity contribution in [2.24, 2.45) is 5.73 Å². The van der Waals surface area contributed by atoms with Gasteiger partial charge in [0.2, 0.25) is 0 Å². The number of piperazine rings is 1. The number of nitrogens with two attached hydrogens (primary N) is 1. The van der Waals surface area contributed by atoms with Gasteiger partial charge >= 0.3 is 0 Å². The molecule has 0 aliphatic carbocycles. The zero-order valence-electron chi connectivity index (χ0n) is 10.0. The molecule has 1 aromatic rings. The molecule has 5 nitrogen and oxygen atoms in total. The lowest BCUT2D eigenvalue weighted by Gasteiger charge is -2.38. The van der Waals surface area contributed by atoms with Crippen LogP contribution in [0.4, 0.5) is 5.82 Å². The number of rotatable bonds is 3. The molecular weight excluding hydrogens is 238 g/mol. The van der Waals surface area contributed by atoms with E-state index in [9.17, 15) is 0 Å². The second kappa shape index (κ2) is 5.62. The van der Waals surface area contributed by atoms with E-state index in [1.54, 1.807) is 6.20 Å². The lowest BCUT2D eigenvalue weighted by atomic mass is 10.2. The van der Waals surface area contributed by atoms with E-state index < -0.39 is 0 Å². The van der Waals surface area contributed by atoms with Gasteiger partial charge in [0.15, 0.2) is 5.82 Å². The summed E-state index contributed by atoms with van der Waals surface area (Å²) in [7, 11) is 0. The third kappa shape index (κ3) is 2.86. The topological polar surface area (TPSA) is 58.3 Å². The summed E-state index contributed by atoms with van der Waals surface area (Å²) in [5, 5.41) is 0.618.